The summed E-state index contributed by atoms with van der Waals surface area (Å²) in [7, 11) is 5.66. The lowest BCUT2D eigenvalue weighted by molar-refractivity contribution is -0.873. The fourth-order valence-corrected chi connectivity index (χ4v) is 1.20. The Bertz CT molecular complexity index is 436. The van der Waals surface area contributed by atoms with Gasteiger partial charge >= 0.3 is 17.9 Å². The van der Waals surface area contributed by atoms with Crippen LogP contribution in [0.3, 0.4) is 0 Å². The zero-order valence-corrected chi connectivity index (χ0v) is 12.9. The van der Waals surface area contributed by atoms with Crippen molar-refractivity contribution in [2.75, 3.05) is 27.7 Å². The Kier molecular flexibility index (Phi) is 10.5. The molecular formula is C13H21NO8. The first-order chi connectivity index (χ1) is 9.83. The summed E-state index contributed by atoms with van der Waals surface area (Å²) in [5, 5.41) is 27.2. The zero-order chi connectivity index (χ0) is 17.9. The lowest BCUT2D eigenvalue weighted by atomic mass is 10.2. The predicted octanol–water partition coefficient (Wildman–Crippen LogP) is -2.09. The predicted molar refractivity (Wildman–Crippen MR) is 72.1 cm³/mol. The van der Waals surface area contributed by atoms with Gasteiger partial charge in [0.25, 0.3) is 0 Å². The number of ether oxygens (including phenoxy) is 1. The van der Waals surface area contributed by atoms with Crippen molar-refractivity contribution in [2.45, 2.75) is 19.4 Å². The second kappa shape index (κ2) is 10.5. The van der Waals surface area contributed by atoms with Crippen LogP contribution < -0.4 is 5.11 Å². The number of quaternary nitrogens is 1. The standard InChI is InChI=1S/C7H15NO3.C6H6O5/c1-8(2,3)5-6(9)4-7(10)11;1-4(7)11-6(10)3-2-5(8)9/h6,9H,4-5H2,1-3H3;2-3H,1H3,(H,8,9)/b;3-2+/t6-;/m1./s1. The number of carbonyl (C=O) groups excluding carboxylic acids is 3. The molecule has 0 heterocycles. The first kappa shape index (κ1) is 22.0. The van der Waals surface area contributed by atoms with Crippen LogP contribution in [0.15, 0.2) is 12.2 Å². The van der Waals surface area contributed by atoms with E-state index >= 15 is 0 Å². The Morgan fingerprint density at radius 2 is 1.68 bits per heavy atom. The Morgan fingerprint density at radius 1 is 1.18 bits per heavy atom. The molecule has 0 aliphatic rings. The second-order valence-corrected chi connectivity index (χ2v) is 5.29. The van der Waals surface area contributed by atoms with Gasteiger partial charge in [-0.05, 0) is 0 Å². The lowest BCUT2D eigenvalue weighted by Crippen LogP contribution is -2.43. The molecule has 0 unspecified atom stereocenters. The van der Waals surface area contributed by atoms with E-state index in [4.69, 9.17) is 10.2 Å². The second-order valence-electron chi connectivity index (χ2n) is 5.29. The van der Waals surface area contributed by atoms with E-state index in [1.54, 1.807) is 0 Å². The molecule has 0 radical (unpaired) electrons. The van der Waals surface area contributed by atoms with Gasteiger partial charge in [0.05, 0.1) is 21.1 Å². The minimum atomic E-state index is -1.27. The summed E-state index contributed by atoms with van der Waals surface area (Å²) in [5.74, 6) is -4.23. The van der Waals surface area contributed by atoms with Crippen LogP contribution >= 0.6 is 0 Å². The molecule has 0 aromatic heterocycles. The molecular weight excluding hydrogens is 298 g/mol. The fraction of sp³-hybridized carbons (Fsp3) is 0.538. The van der Waals surface area contributed by atoms with Crippen molar-refractivity contribution in [1.82, 2.24) is 0 Å². The summed E-state index contributed by atoms with van der Waals surface area (Å²) in [6.45, 7) is 1.47. The monoisotopic (exact) mass is 319 g/mol. The first-order valence-corrected chi connectivity index (χ1v) is 6.15. The van der Waals surface area contributed by atoms with Crippen LogP contribution in [0.2, 0.25) is 0 Å². The van der Waals surface area contributed by atoms with Gasteiger partial charge in [0.1, 0.15) is 12.6 Å². The van der Waals surface area contributed by atoms with E-state index in [1.807, 2.05) is 21.1 Å². The van der Waals surface area contributed by atoms with Gasteiger partial charge in [-0.25, -0.2) is 9.59 Å². The van der Waals surface area contributed by atoms with Crippen LogP contribution in [0.25, 0.3) is 0 Å². The summed E-state index contributed by atoms with van der Waals surface area (Å²) in [5.41, 5.74) is 0. The minimum Gasteiger partial charge on any atom is -0.550 e. The van der Waals surface area contributed by atoms with E-state index in [2.05, 4.69) is 4.74 Å². The number of carbonyl (C=O) groups is 4. The fourth-order valence-electron chi connectivity index (χ4n) is 1.20. The molecule has 2 N–H and O–H groups in total. The van der Waals surface area contributed by atoms with Crippen LogP contribution in [-0.4, -0.2) is 72.4 Å². The Hall–Kier alpha value is -2.26. The lowest BCUT2D eigenvalue weighted by Gasteiger charge is -2.26. The number of hydrogen-bond donors (Lipinski definition) is 2. The van der Waals surface area contributed by atoms with E-state index in [9.17, 15) is 24.3 Å². The number of esters is 2. The van der Waals surface area contributed by atoms with Gasteiger partial charge < -0.3 is 29.3 Å². The highest BCUT2D eigenvalue weighted by Gasteiger charge is 2.14. The van der Waals surface area contributed by atoms with E-state index in [0.717, 1.165) is 6.92 Å². The molecule has 0 spiro atoms. The summed E-state index contributed by atoms with van der Waals surface area (Å²) >= 11 is 0. The molecule has 0 aliphatic carbocycles. The highest BCUT2D eigenvalue weighted by molar-refractivity contribution is 5.95. The van der Waals surface area contributed by atoms with Crippen molar-refractivity contribution in [3.63, 3.8) is 0 Å². The first-order valence-electron chi connectivity index (χ1n) is 6.15. The summed E-state index contributed by atoms with van der Waals surface area (Å²) < 4.78 is 4.52. The normalized spacial score (nSPS) is 12.0. The molecule has 0 amide bonds. The Morgan fingerprint density at radius 3 is 2.00 bits per heavy atom. The topological polar surface area (TPSA) is 141 Å². The Labute approximate surface area is 128 Å². The van der Waals surface area contributed by atoms with Gasteiger partial charge in [0.15, 0.2) is 0 Å². The van der Waals surface area contributed by atoms with Gasteiger partial charge in [-0.1, -0.05) is 0 Å². The molecule has 0 saturated heterocycles. The number of rotatable bonds is 6. The van der Waals surface area contributed by atoms with Crippen molar-refractivity contribution in [3.05, 3.63) is 12.2 Å². The summed E-state index contributed by atoms with van der Waals surface area (Å²) in [6.07, 6.45) is 0.157. The summed E-state index contributed by atoms with van der Waals surface area (Å²) in [4.78, 5) is 40.3. The van der Waals surface area contributed by atoms with Crippen LogP contribution in [0.1, 0.15) is 13.3 Å². The van der Waals surface area contributed by atoms with Crippen molar-refractivity contribution in [3.8, 4) is 0 Å². The maximum absolute atomic E-state index is 10.4. The number of aliphatic hydroxyl groups is 1. The molecule has 0 saturated carbocycles. The number of carboxylic acids is 2. The third kappa shape index (κ3) is 20.1. The van der Waals surface area contributed by atoms with E-state index in [1.165, 1.54) is 0 Å². The molecule has 0 aromatic rings. The largest absolute Gasteiger partial charge is 0.550 e. The zero-order valence-electron chi connectivity index (χ0n) is 12.9. The molecule has 126 valence electrons. The number of aliphatic hydroxyl groups excluding tert-OH is 1. The molecule has 0 rings (SSSR count). The van der Waals surface area contributed by atoms with Crippen molar-refractivity contribution in [1.29, 1.82) is 0 Å². The average molecular weight is 319 g/mol. The van der Waals surface area contributed by atoms with Gasteiger partial charge in [-0.15, -0.1) is 0 Å². The van der Waals surface area contributed by atoms with Gasteiger partial charge in [-0.3, -0.25) is 4.79 Å². The molecule has 9 nitrogen and oxygen atoms in total. The van der Waals surface area contributed by atoms with E-state index in [-0.39, 0.29) is 6.42 Å². The average Bonchev–Trinajstić information content (AvgIpc) is 2.22. The maximum atomic E-state index is 10.4. The minimum absolute atomic E-state index is 0.282. The number of hydrogen-bond acceptors (Lipinski definition) is 7. The molecule has 0 aromatic carbocycles. The molecule has 0 fully saturated rings. The van der Waals surface area contributed by atoms with Crippen LogP contribution in [0, 0.1) is 0 Å². The van der Waals surface area contributed by atoms with Crippen molar-refractivity contribution < 1.29 is 43.7 Å². The maximum Gasteiger partial charge on any atom is 0.338 e. The number of likely N-dealkylation sites (N-methyl/N-ethyl adjacent to an activating group) is 1. The van der Waals surface area contributed by atoms with Gasteiger partial charge in [0.2, 0.25) is 0 Å². The highest BCUT2D eigenvalue weighted by Crippen LogP contribution is 1.97. The van der Waals surface area contributed by atoms with Crippen LogP contribution in [0.5, 0.6) is 0 Å². The van der Waals surface area contributed by atoms with Crippen molar-refractivity contribution in [2.24, 2.45) is 0 Å². The molecule has 9 heteroatoms. The number of aliphatic carboxylic acids is 2. The third-order valence-electron chi connectivity index (χ3n) is 1.77. The third-order valence-corrected chi connectivity index (χ3v) is 1.77. The summed E-state index contributed by atoms with van der Waals surface area (Å²) in [6, 6.07) is 0. The van der Waals surface area contributed by atoms with E-state index < -0.39 is 30.0 Å². The highest BCUT2D eigenvalue weighted by atomic mass is 16.6. The SMILES string of the molecule is CC(=O)OC(=O)/C=C/C(=O)O.C[N+](C)(C)C[C@H](O)CC(=O)[O-]. The van der Waals surface area contributed by atoms with Crippen molar-refractivity contribution >= 4 is 23.9 Å². The number of carboxylic acid groups (broad SMARTS) is 2. The smallest absolute Gasteiger partial charge is 0.338 e. The molecule has 0 bridgehead atoms. The quantitative estimate of drug-likeness (QED) is 0.246. The van der Waals surface area contributed by atoms with Gasteiger partial charge in [-0.2, -0.15) is 0 Å². The van der Waals surface area contributed by atoms with Crippen LogP contribution in [-0.2, 0) is 23.9 Å². The Balaban J connectivity index is 0. The van der Waals surface area contributed by atoms with E-state index in [0.29, 0.717) is 23.2 Å². The molecule has 22 heavy (non-hydrogen) atoms. The van der Waals surface area contributed by atoms with Gasteiger partial charge in [0, 0.05) is 31.5 Å². The van der Waals surface area contributed by atoms with Crippen LogP contribution in [0.4, 0.5) is 0 Å². The molecule has 1 atom stereocenters. The number of nitrogens with zero attached hydrogens (tertiary/aromatic N) is 1. The molecule has 0 aliphatic heterocycles.